The van der Waals surface area contributed by atoms with E-state index in [1.54, 1.807) is 18.2 Å². The van der Waals surface area contributed by atoms with E-state index in [0.29, 0.717) is 23.1 Å². The zero-order chi connectivity index (χ0) is 24.0. The summed E-state index contributed by atoms with van der Waals surface area (Å²) < 4.78 is 17.5. The van der Waals surface area contributed by atoms with Crippen LogP contribution in [0.15, 0.2) is 47.5 Å². The molecule has 1 saturated heterocycles. The molecule has 1 aromatic carbocycles. The van der Waals surface area contributed by atoms with Crippen molar-refractivity contribution < 1.29 is 19.0 Å². The molecular weight excluding hydrogens is 452 g/mol. The SMILES string of the molecule is O=C(Cn1nc(-c2ccc3c(c2)OCO3)ccc1=O)NCCOc1cc(N2CCCCC2)ncn1. The third-order valence-electron chi connectivity index (χ3n) is 5.81. The predicted molar refractivity (Wildman–Crippen MR) is 127 cm³/mol. The highest BCUT2D eigenvalue weighted by molar-refractivity contribution is 5.75. The summed E-state index contributed by atoms with van der Waals surface area (Å²) in [7, 11) is 0. The summed E-state index contributed by atoms with van der Waals surface area (Å²) >= 11 is 0. The number of amides is 1. The lowest BCUT2D eigenvalue weighted by Crippen LogP contribution is -2.35. The Kier molecular flexibility index (Phi) is 6.73. The van der Waals surface area contributed by atoms with Gasteiger partial charge in [-0.05, 0) is 43.5 Å². The number of fused-ring (bicyclic) bond motifs is 1. The van der Waals surface area contributed by atoms with Crippen LogP contribution < -0.4 is 30.0 Å². The smallest absolute Gasteiger partial charge is 0.267 e. The average Bonchev–Trinajstić information content (AvgIpc) is 3.37. The topological polar surface area (TPSA) is 121 Å². The Morgan fingerprint density at radius 3 is 2.77 bits per heavy atom. The van der Waals surface area contributed by atoms with E-state index in [1.165, 1.54) is 18.8 Å². The van der Waals surface area contributed by atoms with Gasteiger partial charge in [-0.15, -0.1) is 0 Å². The van der Waals surface area contributed by atoms with Crippen molar-refractivity contribution >= 4 is 11.7 Å². The number of nitrogens with one attached hydrogen (secondary N) is 1. The van der Waals surface area contributed by atoms with Gasteiger partial charge in [0.15, 0.2) is 11.5 Å². The molecular formula is C24H26N6O5. The largest absolute Gasteiger partial charge is 0.476 e. The number of piperidine rings is 1. The van der Waals surface area contributed by atoms with Gasteiger partial charge in [-0.3, -0.25) is 9.59 Å². The molecule has 0 bridgehead atoms. The number of anilines is 1. The Bertz CT molecular complexity index is 1260. The normalized spacial score (nSPS) is 14.6. The molecule has 5 rings (SSSR count). The van der Waals surface area contributed by atoms with Gasteiger partial charge in [-0.25, -0.2) is 14.6 Å². The molecule has 0 spiro atoms. The lowest BCUT2D eigenvalue weighted by molar-refractivity contribution is -0.122. The van der Waals surface area contributed by atoms with Crippen LogP contribution in [0.25, 0.3) is 11.3 Å². The number of hydrogen-bond acceptors (Lipinski definition) is 9. The summed E-state index contributed by atoms with van der Waals surface area (Å²) in [4.78, 5) is 35.3. The van der Waals surface area contributed by atoms with Crippen molar-refractivity contribution in [1.29, 1.82) is 0 Å². The van der Waals surface area contributed by atoms with Crippen LogP contribution in [0, 0.1) is 0 Å². The molecule has 0 saturated carbocycles. The molecule has 0 atom stereocenters. The Morgan fingerprint density at radius 1 is 1.03 bits per heavy atom. The van der Waals surface area contributed by atoms with Gasteiger partial charge in [-0.2, -0.15) is 5.10 Å². The van der Waals surface area contributed by atoms with Gasteiger partial charge in [0.05, 0.1) is 12.2 Å². The lowest BCUT2D eigenvalue weighted by atomic mass is 10.1. The number of carbonyl (C=O) groups excluding carboxylic acids is 1. The first-order chi connectivity index (χ1) is 17.2. The molecule has 2 aliphatic rings. The van der Waals surface area contributed by atoms with E-state index in [2.05, 4.69) is 25.3 Å². The van der Waals surface area contributed by atoms with Crippen molar-refractivity contribution in [3.63, 3.8) is 0 Å². The van der Waals surface area contributed by atoms with E-state index < -0.39 is 0 Å². The molecule has 11 heteroatoms. The molecule has 11 nitrogen and oxygen atoms in total. The molecule has 182 valence electrons. The van der Waals surface area contributed by atoms with Crippen LogP contribution in [0.2, 0.25) is 0 Å². The maximum atomic E-state index is 12.4. The van der Waals surface area contributed by atoms with Gasteiger partial charge in [-0.1, -0.05) is 0 Å². The molecule has 35 heavy (non-hydrogen) atoms. The van der Waals surface area contributed by atoms with Crippen LogP contribution in [0.4, 0.5) is 5.82 Å². The standard InChI is InChI=1S/C24H26N6O5/c31-22(25-8-11-33-23-13-21(26-15-27-23)29-9-2-1-3-10-29)14-30-24(32)7-5-18(28-30)17-4-6-19-20(12-17)35-16-34-19/h4-7,12-13,15H,1-3,8-11,14,16H2,(H,25,31). The molecule has 0 radical (unpaired) electrons. The Hall–Kier alpha value is -4.15. The number of ether oxygens (including phenoxy) is 3. The number of rotatable bonds is 8. The molecule has 0 aliphatic carbocycles. The van der Waals surface area contributed by atoms with E-state index in [-0.39, 0.29) is 38.0 Å². The highest BCUT2D eigenvalue weighted by Gasteiger charge is 2.16. The minimum Gasteiger partial charge on any atom is -0.476 e. The minimum atomic E-state index is -0.368. The van der Waals surface area contributed by atoms with Crippen molar-refractivity contribution in [2.24, 2.45) is 0 Å². The predicted octanol–water partition coefficient (Wildman–Crippen LogP) is 1.61. The van der Waals surface area contributed by atoms with Gasteiger partial charge in [0.1, 0.15) is 25.3 Å². The molecule has 2 aromatic heterocycles. The Balaban J connectivity index is 1.13. The van der Waals surface area contributed by atoms with Gasteiger partial charge in [0.25, 0.3) is 5.56 Å². The fourth-order valence-electron chi connectivity index (χ4n) is 4.01. The molecule has 0 unspecified atom stereocenters. The van der Waals surface area contributed by atoms with Crippen molar-refractivity contribution in [3.05, 3.63) is 53.1 Å². The van der Waals surface area contributed by atoms with Crippen LogP contribution in [-0.4, -0.2) is 58.7 Å². The average molecular weight is 479 g/mol. The summed E-state index contributed by atoms with van der Waals surface area (Å²) in [5.74, 6) is 2.25. The number of aromatic nitrogens is 4. The molecule has 3 aromatic rings. The third-order valence-corrected chi connectivity index (χ3v) is 5.81. The number of benzene rings is 1. The van der Waals surface area contributed by atoms with Crippen LogP contribution in [0.5, 0.6) is 17.4 Å². The van der Waals surface area contributed by atoms with Gasteiger partial charge in [0, 0.05) is 30.8 Å². The molecule has 4 heterocycles. The van der Waals surface area contributed by atoms with Crippen molar-refractivity contribution in [2.75, 3.05) is 37.9 Å². The van der Waals surface area contributed by atoms with Crippen molar-refractivity contribution in [3.8, 4) is 28.6 Å². The zero-order valence-corrected chi connectivity index (χ0v) is 19.2. The molecule has 2 aliphatic heterocycles. The Morgan fingerprint density at radius 2 is 1.89 bits per heavy atom. The highest BCUT2D eigenvalue weighted by atomic mass is 16.7. The molecule has 1 fully saturated rings. The zero-order valence-electron chi connectivity index (χ0n) is 19.2. The van der Waals surface area contributed by atoms with Crippen LogP contribution >= 0.6 is 0 Å². The van der Waals surface area contributed by atoms with Gasteiger partial charge < -0.3 is 24.4 Å². The lowest BCUT2D eigenvalue weighted by Gasteiger charge is -2.27. The second-order valence-corrected chi connectivity index (χ2v) is 8.24. The second kappa shape index (κ2) is 10.4. The summed E-state index contributed by atoms with van der Waals surface area (Å²) in [6.07, 6.45) is 5.05. The monoisotopic (exact) mass is 478 g/mol. The minimum absolute atomic E-state index is 0.173. The first kappa shape index (κ1) is 22.6. The fraction of sp³-hybridized carbons (Fsp3) is 0.375. The van der Waals surface area contributed by atoms with Crippen LogP contribution in [0.1, 0.15) is 19.3 Å². The summed E-state index contributed by atoms with van der Waals surface area (Å²) in [5.41, 5.74) is 0.935. The summed E-state index contributed by atoms with van der Waals surface area (Å²) in [6, 6.07) is 10.2. The number of carbonyl (C=O) groups is 1. The first-order valence-corrected chi connectivity index (χ1v) is 11.6. The quantitative estimate of drug-likeness (QED) is 0.481. The van der Waals surface area contributed by atoms with E-state index in [9.17, 15) is 9.59 Å². The van der Waals surface area contributed by atoms with Gasteiger partial charge in [0.2, 0.25) is 18.6 Å². The number of hydrogen-bond donors (Lipinski definition) is 1. The third kappa shape index (κ3) is 5.51. The maximum absolute atomic E-state index is 12.4. The number of nitrogens with zero attached hydrogens (tertiary/aromatic N) is 5. The summed E-state index contributed by atoms with van der Waals surface area (Å²) in [5, 5.41) is 7.08. The fourth-order valence-corrected chi connectivity index (χ4v) is 4.01. The van der Waals surface area contributed by atoms with E-state index in [1.807, 2.05) is 12.1 Å². The van der Waals surface area contributed by atoms with Gasteiger partial charge >= 0.3 is 0 Å². The highest BCUT2D eigenvalue weighted by Crippen LogP contribution is 2.35. The van der Waals surface area contributed by atoms with Crippen LogP contribution in [-0.2, 0) is 11.3 Å². The van der Waals surface area contributed by atoms with Crippen molar-refractivity contribution in [1.82, 2.24) is 25.1 Å². The molecule has 1 amide bonds. The van der Waals surface area contributed by atoms with E-state index in [0.717, 1.165) is 42.0 Å². The van der Waals surface area contributed by atoms with Crippen LogP contribution in [0.3, 0.4) is 0 Å². The molecule has 1 N–H and O–H groups in total. The summed E-state index contributed by atoms with van der Waals surface area (Å²) in [6.45, 7) is 2.43. The van der Waals surface area contributed by atoms with E-state index >= 15 is 0 Å². The second-order valence-electron chi connectivity index (χ2n) is 8.24. The Labute approximate surface area is 201 Å². The van der Waals surface area contributed by atoms with E-state index in [4.69, 9.17) is 14.2 Å². The maximum Gasteiger partial charge on any atom is 0.267 e. The van der Waals surface area contributed by atoms with Crippen molar-refractivity contribution in [2.45, 2.75) is 25.8 Å². The first-order valence-electron chi connectivity index (χ1n) is 11.6.